The van der Waals surface area contributed by atoms with Crippen LogP contribution in [0, 0.1) is 11.8 Å². The van der Waals surface area contributed by atoms with Crippen molar-refractivity contribution in [3.05, 3.63) is 34.9 Å². The fourth-order valence-electron chi connectivity index (χ4n) is 3.13. The molecule has 2 atom stereocenters. The third kappa shape index (κ3) is 3.78. The van der Waals surface area contributed by atoms with E-state index in [1.165, 1.54) is 5.56 Å². The van der Waals surface area contributed by atoms with E-state index in [4.69, 9.17) is 11.6 Å². The topological polar surface area (TPSA) is 32.3 Å². The number of piperidine rings is 1. The van der Waals surface area contributed by atoms with Crippen LogP contribution in [0.3, 0.4) is 0 Å². The molecule has 1 saturated heterocycles. The van der Waals surface area contributed by atoms with Gasteiger partial charge in [0.15, 0.2) is 0 Å². The number of rotatable bonds is 4. The van der Waals surface area contributed by atoms with Crippen molar-refractivity contribution >= 4 is 17.5 Å². The number of nitrogens with zero attached hydrogens (tertiary/aromatic N) is 1. The number of halogens is 1. The van der Waals surface area contributed by atoms with Gasteiger partial charge in [0.1, 0.15) is 0 Å². The number of nitrogens with one attached hydrogen (secondary N) is 1. The Bertz CT molecular complexity index is 515. The Hall–Kier alpha value is -1.06. The molecule has 1 N–H and O–H groups in total. The minimum atomic E-state index is 0.341. The molecule has 2 fully saturated rings. The quantitative estimate of drug-likeness (QED) is 0.927. The lowest BCUT2D eigenvalue weighted by atomic mass is 9.93. The molecule has 114 valence electrons. The Kier molecular flexibility index (Phi) is 4.51. The molecule has 0 aromatic heterocycles. The van der Waals surface area contributed by atoms with E-state index in [9.17, 15) is 4.79 Å². The molecule has 1 amide bonds. The van der Waals surface area contributed by atoms with E-state index in [0.717, 1.165) is 43.9 Å². The molecule has 0 radical (unpaired) electrons. The van der Waals surface area contributed by atoms with Gasteiger partial charge in [-0.05, 0) is 42.9 Å². The first kappa shape index (κ1) is 14.9. The minimum Gasteiger partial charge on any atom is -0.342 e. The highest BCUT2D eigenvalue weighted by Gasteiger charge is 2.36. The highest BCUT2D eigenvalue weighted by Crippen LogP contribution is 2.32. The summed E-state index contributed by atoms with van der Waals surface area (Å²) in [6.07, 6.45) is 3.24. The average Bonchev–Trinajstić information content (AvgIpc) is 3.30. The molecular formula is C17H23ClN2O. The summed E-state index contributed by atoms with van der Waals surface area (Å²) >= 11 is 6.01. The zero-order valence-corrected chi connectivity index (χ0v) is 13.3. The molecule has 1 saturated carbocycles. The first-order valence-electron chi connectivity index (χ1n) is 7.90. The van der Waals surface area contributed by atoms with Crippen molar-refractivity contribution in [3.63, 3.8) is 0 Å². The van der Waals surface area contributed by atoms with E-state index >= 15 is 0 Å². The second kappa shape index (κ2) is 6.37. The maximum Gasteiger partial charge on any atom is 0.225 e. The Morgan fingerprint density at radius 2 is 2.19 bits per heavy atom. The highest BCUT2D eigenvalue weighted by molar-refractivity contribution is 6.30. The van der Waals surface area contributed by atoms with Crippen LogP contribution in [0.15, 0.2) is 24.3 Å². The lowest BCUT2D eigenvalue weighted by molar-refractivity contribution is -0.134. The Morgan fingerprint density at radius 1 is 1.38 bits per heavy atom. The van der Waals surface area contributed by atoms with E-state index in [0.29, 0.717) is 23.8 Å². The standard InChI is InChI=1S/C17H23ClN2O/c1-12-11-20(17(21)14-5-6-14)8-7-16(12)19-10-13-3-2-4-15(18)9-13/h2-4,9,12,14,16,19H,5-8,10-11H2,1H3/t12-,16-/m0/s1. The fraction of sp³-hybridized carbons (Fsp3) is 0.588. The fourth-order valence-corrected chi connectivity index (χ4v) is 3.35. The van der Waals surface area contributed by atoms with E-state index in [1.54, 1.807) is 0 Å². The first-order chi connectivity index (χ1) is 10.1. The van der Waals surface area contributed by atoms with Crippen molar-refractivity contribution < 1.29 is 4.79 Å². The average molecular weight is 307 g/mol. The van der Waals surface area contributed by atoms with Gasteiger partial charge in [0.2, 0.25) is 5.91 Å². The van der Waals surface area contributed by atoms with Crippen molar-refractivity contribution in [2.75, 3.05) is 13.1 Å². The first-order valence-corrected chi connectivity index (χ1v) is 8.28. The predicted molar refractivity (Wildman–Crippen MR) is 85.2 cm³/mol. The summed E-state index contributed by atoms with van der Waals surface area (Å²) in [6.45, 7) is 4.86. The number of carbonyl (C=O) groups excluding carboxylic acids is 1. The van der Waals surface area contributed by atoms with Gasteiger partial charge >= 0.3 is 0 Å². The molecule has 1 aliphatic carbocycles. The van der Waals surface area contributed by atoms with Crippen LogP contribution in [0.4, 0.5) is 0 Å². The van der Waals surface area contributed by atoms with Crippen LogP contribution in [0.25, 0.3) is 0 Å². The highest BCUT2D eigenvalue weighted by atomic mass is 35.5. The summed E-state index contributed by atoms with van der Waals surface area (Å²) < 4.78 is 0. The molecule has 0 spiro atoms. The molecule has 21 heavy (non-hydrogen) atoms. The molecule has 3 rings (SSSR count). The summed E-state index contributed by atoms with van der Waals surface area (Å²) in [6, 6.07) is 8.46. The second-order valence-corrected chi connectivity index (χ2v) is 6.88. The normalized spacial score (nSPS) is 25.9. The third-order valence-corrected chi connectivity index (χ3v) is 4.84. The number of benzene rings is 1. The van der Waals surface area contributed by atoms with Crippen LogP contribution in [0.1, 0.15) is 31.7 Å². The lowest BCUT2D eigenvalue weighted by Crippen LogP contribution is -2.50. The summed E-state index contributed by atoms with van der Waals surface area (Å²) in [5, 5.41) is 4.41. The molecule has 1 aromatic carbocycles. The van der Waals surface area contributed by atoms with Gasteiger partial charge in [-0.25, -0.2) is 0 Å². The van der Waals surface area contributed by atoms with Crippen LogP contribution in [0.5, 0.6) is 0 Å². The molecule has 2 aliphatic rings. The van der Waals surface area contributed by atoms with Crippen LogP contribution < -0.4 is 5.32 Å². The molecular weight excluding hydrogens is 284 g/mol. The zero-order valence-electron chi connectivity index (χ0n) is 12.5. The second-order valence-electron chi connectivity index (χ2n) is 6.44. The molecule has 3 nitrogen and oxygen atoms in total. The molecule has 1 aromatic rings. The number of carbonyl (C=O) groups is 1. The van der Waals surface area contributed by atoms with Gasteiger partial charge in [-0.15, -0.1) is 0 Å². The largest absolute Gasteiger partial charge is 0.342 e. The molecule has 1 aliphatic heterocycles. The SMILES string of the molecule is C[C@H]1CN(C(=O)C2CC2)CC[C@@H]1NCc1cccc(Cl)c1. The van der Waals surface area contributed by atoms with E-state index in [1.807, 2.05) is 18.2 Å². The number of likely N-dealkylation sites (tertiary alicyclic amines) is 1. The molecule has 1 heterocycles. The summed E-state index contributed by atoms with van der Waals surface area (Å²) in [5.74, 6) is 1.23. The van der Waals surface area contributed by atoms with Crippen LogP contribution in [-0.2, 0) is 11.3 Å². The van der Waals surface area contributed by atoms with Crippen molar-refractivity contribution in [2.24, 2.45) is 11.8 Å². The maximum atomic E-state index is 12.1. The maximum absolute atomic E-state index is 12.1. The number of hydrogen-bond donors (Lipinski definition) is 1. The lowest BCUT2D eigenvalue weighted by Gasteiger charge is -2.37. The third-order valence-electron chi connectivity index (χ3n) is 4.60. The van der Waals surface area contributed by atoms with Gasteiger partial charge in [0, 0.05) is 36.6 Å². The van der Waals surface area contributed by atoms with E-state index < -0.39 is 0 Å². The van der Waals surface area contributed by atoms with Crippen molar-refractivity contribution in [1.29, 1.82) is 0 Å². The van der Waals surface area contributed by atoms with Gasteiger partial charge in [-0.3, -0.25) is 4.79 Å². The number of amides is 1. The summed E-state index contributed by atoms with van der Waals surface area (Å²) in [7, 11) is 0. The van der Waals surface area contributed by atoms with Gasteiger partial charge in [0.25, 0.3) is 0 Å². The van der Waals surface area contributed by atoms with Gasteiger partial charge in [-0.1, -0.05) is 30.7 Å². The molecule has 4 heteroatoms. The van der Waals surface area contributed by atoms with Crippen molar-refractivity contribution in [2.45, 2.75) is 38.8 Å². The Balaban J connectivity index is 1.50. The van der Waals surface area contributed by atoms with Crippen LogP contribution >= 0.6 is 11.6 Å². The predicted octanol–water partition coefficient (Wildman–Crippen LogP) is 3.08. The zero-order chi connectivity index (χ0) is 14.8. The Labute approximate surface area is 131 Å². The smallest absolute Gasteiger partial charge is 0.225 e. The molecule has 0 bridgehead atoms. The monoisotopic (exact) mass is 306 g/mol. The summed E-state index contributed by atoms with van der Waals surface area (Å²) in [5.41, 5.74) is 1.21. The van der Waals surface area contributed by atoms with E-state index in [-0.39, 0.29) is 0 Å². The van der Waals surface area contributed by atoms with Gasteiger partial charge in [-0.2, -0.15) is 0 Å². The minimum absolute atomic E-state index is 0.341. The Morgan fingerprint density at radius 3 is 2.86 bits per heavy atom. The van der Waals surface area contributed by atoms with Crippen LogP contribution in [-0.4, -0.2) is 29.9 Å². The van der Waals surface area contributed by atoms with Crippen molar-refractivity contribution in [3.8, 4) is 0 Å². The van der Waals surface area contributed by atoms with E-state index in [2.05, 4.69) is 23.2 Å². The number of hydrogen-bond acceptors (Lipinski definition) is 2. The van der Waals surface area contributed by atoms with Gasteiger partial charge < -0.3 is 10.2 Å². The molecule has 0 unspecified atom stereocenters. The van der Waals surface area contributed by atoms with Gasteiger partial charge in [0.05, 0.1) is 0 Å². The summed E-state index contributed by atoms with van der Waals surface area (Å²) in [4.78, 5) is 14.2. The van der Waals surface area contributed by atoms with Crippen LogP contribution in [0.2, 0.25) is 5.02 Å². The van der Waals surface area contributed by atoms with Crippen molar-refractivity contribution in [1.82, 2.24) is 10.2 Å².